The third-order valence-electron chi connectivity index (χ3n) is 4.06. The second-order valence-electron chi connectivity index (χ2n) is 5.74. The Labute approximate surface area is 152 Å². The van der Waals surface area contributed by atoms with Crippen molar-refractivity contribution in [3.63, 3.8) is 0 Å². The number of halogens is 1. The molecule has 0 radical (unpaired) electrons. The van der Waals surface area contributed by atoms with Crippen molar-refractivity contribution in [3.05, 3.63) is 64.7 Å². The summed E-state index contributed by atoms with van der Waals surface area (Å²) in [5.41, 5.74) is 8.09. The highest BCUT2D eigenvalue weighted by Gasteiger charge is 2.18. The number of nitriles is 1. The van der Waals surface area contributed by atoms with Crippen molar-refractivity contribution >= 4 is 39.3 Å². The smallest absolute Gasteiger partial charge is 0.269 e. The number of fused-ring (bicyclic) bond motifs is 2. The summed E-state index contributed by atoms with van der Waals surface area (Å²) in [6, 6.07) is 9.62. The molecule has 126 valence electrons. The van der Waals surface area contributed by atoms with Crippen LogP contribution in [0, 0.1) is 11.3 Å². The van der Waals surface area contributed by atoms with Crippen LogP contribution in [0.2, 0.25) is 5.02 Å². The zero-order valence-electron chi connectivity index (χ0n) is 13.3. The zero-order chi connectivity index (χ0) is 18.3. The van der Waals surface area contributed by atoms with Gasteiger partial charge in [-0.05, 0) is 23.8 Å². The highest BCUT2D eigenvalue weighted by Crippen LogP contribution is 2.23. The molecule has 3 aromatic heterocycles. The summed E-state index contributed by atoms with van der Waals surface area (Å²) in [6.45, 7) is 0.378. The molecule has 0 spiro atoms. The Bertz CT molecular complexity index is 1220. The molecule has 8 heteroatoms. The Balaban J connectivity index is 1.85. The summed E-state index contributed by atoms with van der Waals surface area (Å²) in [4.78, 5) is 20.1. The number of nitrogens with zero attached hydrogens (tertiary/aromatic N) is 5. The van der Waals surface area contributed by atoms with Crippen molar-refractivity contribution < 1.29 is 4.79 Å². The highest BCUT2D eigenvalue weighted by molar-refractivity contribution is 6.31. The van der Waals surface area contributed by atoms with E-state index in [1.165, 1.54) is 6.20 Å². The Morgan fingerprint density at radius 1 is 1.27 bits per heavy atom. The van der Waals surface area contributed by atoms with Crippen LogP contribution in [0.5, 0.6) is 0 Å². The average molecular weight is 363 g/mol. The van der Waals surface area contributed by atoms with E-state index in [1.807, 2.05) is 30.3 Å². The van der Waals surface area contributed by atoms with Gasteiger partial charge in [-0.3, -0.25) is 19.4 Å². The van der Waals surface area contributed by atoms with Gasteiger partial charge in [0.2, 0.25) is 0 Å². The number of carbonyl (C=O) groups is 1. The lowest BCUT2D eigenvalue weighted by Gasteiger charge is -2.06. The third kappa shape index (κ3) is 2.62. The van der Waals surface area contributed by atoms with E-state index in [-0.39, 0.29) is 11.3 Å². The molecule has 0 bridgehead atoms. The van der Waals surface area contributed by atoms with Crippen molar-refractivity contribution in [3.8, 4) is 6.07 Å². The molecule has 4 aromatic rings. The molecule has 7 nitrogen and oxygen atoms in total. The number of hydrogen-bond acceptors (Lipinski definition) is 5. The van der Waals surface area contributed by atoms with Crippen molar-refractivity contribution in [2.75, 3.05) is 0 Å². The fraction of sp³-hybridized carbons (Fsp3) is 0.0556. The van der Waals surface area contributed by atoms with Gasteiger partial charge in [-0.2, -0.15) is 10.4 Å². The molecule has 0 aliphatic heterocycles. The summed E-state index contributed by atoms with van der Waals surface area (Å²) in [6.07, 6.45) is 4.55. The van der Waals surface area contributed by atoms with E-state index in [9.17, 15) is 10.1 Å². The summed E-state index contributed by atoms with van der Waals surface area (Å²) < 4.78 is 1.61. The van der Waals surface area contributed by atoms with Crippen molar-refractivity contribution in [2.24, 2.45) is 5.73 Å². The Hall–Kier alpha value is -3.50. The van der Waals surface area contributed by atoms with E-state index >= 15 is 0 Å². The maximum atomic E-state index is 11.8. The second-order valence-corrected chi connectivity index (χ2v) is 6.18. The first kappa shape index (κ1) is 16.0. The normalized spacial score (nSPS) is 10.9. The molecule has 4 rings (SSSR count). The Kier molecular flexibility index (Phi) is 3.75. The minimum atomic E-state index is -0.689. The summed E-state index contributed by atoms with van der Waals surface area (Å²) in [5.74, 6) is -0.689. The predicted octanol–water partition coefficient (Wildman–Crippen LogP) is 2.65. The summed E-state index contributed by atoms with van der Waals surface area (Å²) in [5, 5.41) is 15.5. The van der Waals surface area contributed by atoms with Gasteiger partial charge in [0.25, 0.3) is 5.91 Å². The third-order valence-corrected chi connectivity index (χ3v) is 4.27. The molecule has 0 aliphatic rings. The topological polar surface area (TPSA) is 110 Å². The molecule has 0 aliphatic carbocycles. The first-order valence-electron chi connectivity index (χ1n) is 7.65. The van der Waals surface area contributed by atoms with Crippen LogP contribution in [0.4, 0.5) is 0 Å². The number of pyridine rings is 2. The molecule has 0 unspecified atom stereocenters. The van der Waals surface area contributed by atoms with E-state index in [0.29, 0.717) is 22.5 Å². The Morgan fingerprint density at radius 2 is 2.12 bits per heavy atom. The van der Waals surface area contributed by atoms with Crippen LogP contribution in [0.3, 0.4) is 0 Å². The van der Waals surface area contributed by atoms with Gasteiger partial charge in [-0.15, -0.1) is 0 Å². The Morgan fingerprint density at radius 3 is 2.88 bits per heavy atom. The van der Waals surface area contributed by atoms with Gasteiger partial charge in [0.1, 0.15) is 6.07 Å². The lowest BCUT2D eigenvalue weighted by atomic mass is 10.1. The first-order valence-corrected chi connectivity index (χ1v) is 8.03. The fourth-order valence-corrected chi connectivity index (χ4v) is 3.09. The number of amides is 1. The lowest BCUT2D eigenvalue weighted by molar-refractivity contribution is 0.0996. The molecule has 0 saturated heterocycles. The largest absolute Gasteiger partial charge is 0.364 e. The van der Waals surface area contributed by atoms with Gasteiger partial charge in [0.05, 0.1) is 39.7 Å². The predicted molar refractivity (Wildman–Crippen MR) is 96.6 cm³/mol. The first-order chi connectivity index (χ1) is 12.6. The van der Waals surface area contributed by atoms with Crippen LogP contribution >= 0.6 is 11.6 Å². The zero-order valence-corrected chi connectivity index (χ0v) is 14.1. The van der Waals surface area contributed by atoms with Crippen LogP contribution in [-0.2, 0) is 6.54 Å². The second kappa shape index (κ2) is 6.10. The number of aromatic nitrogens is 4. The van der Waals surface area contributed by atoms with Crippen LogP contribution < -0.4 is 5.73 Å². The molecule has 1 aromatic carbocycles. The standard InChI is InChI=1S/C18H11ClN6O/c19-13-4-11-3-10(1-2-14(11)23-7-13)9-25-15-8-22-6-12(5-20)16(15)17(24-25)18(21)26/h1-4,6-8H,9H2,(H2,21,26). The van der Waals surface area contributed by atoms with Crippen molar-refractivity contribution in [1.82, 2.24) is 19.7 Å². The molecular formula is C18H11ClN6O. The molecule has 0 atom stereocenters. The number of nitrogens with two attached hydrogens (primary N) is 1. The molecule has 26 heavy (non-hydrogen) atoms. The fourth-order valence-electron chi connectivity index (χ4n) is 2.92. The van der Waals surface area contributed by atoms with Crippen molar-refractivity contribution in [1.29, 1.82) is 5.26 Å². The van der Waals surface area contributed by atoms with Crippen LogP contribution in [0.15, 0.2) is 42.9 Å². The summed E-state index contributed by atoms with van der Waals surface area (Å²) in [7, 11) is 0. The maximum absolute atomic E-state index is 11.8. The van der Waals surface area contributed by atoms with Gasteiger partial charge in [0, 0.05) is 17.8 Å². The molecular weight excluding hydrogens is 352 g/mol. The number of benzene rings is 1. The van der Waals surface area contributed by atoms with Gasteiger partial charge in [0.15, 0.2) is 5.69 Å². The lowest BCUT2D eigenvalue weighted by Crippen LogP contribution is -2.13. The van der Waals surface area contributed by atoms with Gasteiger partial charge >= 0.3 is 0 Å². The minimum absolute atomic E-state index is 0.0597. The van der Waals surface area contributed by atoms with Gasteiger partial charge in [-0.25, -0.2) is 0 Å². The molecule has 0 saturated carbocycles. The number of primary amides is 1. The molecule has 1 amide bonds. The average Bonchev–Trinajstić information content (AvgIpc) is 3.00. The van der Waals surface area contributed by atoms with E-state index < -0.39 is 5.91 Å². The monoisotopic (exact) mass is 362 g/mol. The quantitative estimate of drug-likeness (QED) is 0.602. The molecule has 0 fully saturated rings. The molecule has 2 N–H and O–H groups in total. The van der Waals surface area contributed by atoms with Gasteiger partial charge < -0.3 is 5.73 Å². The van der Waals surface area contributed by atoms with Crippen molar-refractivity contribution in [2.45, 2.75) is 6.54 Å². The van der Waals surface area contributed by atoms with Crippen LogP contribution in [0.1, 0.15) is 21.6 Å². The van der Waals surface area contributed by atoms with Crippen LogP contribution in [-0.4, -0.2) is 25.7 Å². The van der Waals surface area contributed by atoms with E-state index in [2.05, 4.69) is 15.1 Å². The van der Waals surface area contributed by atoms with E-state index in [4.69, 9.17) is 17.3 Å². The minimum Gasteiger partial charge on any atom is -0.364 e. The number of carbonyl (C=O) groups excluding carboxylic acids is 1. The number of hydrogen-bond donors (Lipinski definition) is 1. The van der Waals surface area contributed by atoms with Crippen LogP contribution in [0.25, 0.3) is 21.8 Å². The molecule has 3 heterocycles. The van der Waals surface area contributed by atoms with E-state index in [0.717, 1.165) is 16.5 Å². The number of rotatable bonds is 3. The SMILES string of the molecule is N#Cc1cncc2c1c(C(N)=O)nn2Cc1ccc2ncc(Cl)cc2c1. The maximum Gasteiger partial charge on any atom is 0.269 e. The van der Waals surface area contributed by atoms with E-state index in [1.54, 1.807) is 17.1 Å². The highest BCUT2D eigenvalue weighted by atomic mass is 35.5. The van der Waals surface area contributed by atoms with Gasteiger partial charge in [-0.1, -0.05) is 17.7 Å². The summed E-state index contributed by atoms with van der Waals surface area (Å²) >= 11 is 6.01.